The zero-order valence-electron chi connectivity index (χ0n) is 12.4. The van der Waals surface area contributed by atoms with Gasteiger partial charge in [-0.15, -0.1) is 10.2 Å². The van der Waals surface area contributed by atoms with Crippen molar-refractivity contribution < 1.29 is 14.0 Å². The van der Waals surface area contributed by atoms with Crippen LogP contribution in [0.3, 0.4) is 0 Å². The van der Waals surface area contributed by atoms with Gasteiger partial charge in [-0.25, -0.2) is 4.79 Å². The second-order valence-corrected chi connectivity index (χ2v) is 6.55. The van der Waals surface area contributed by atoms with E-state index in [1.54, 1.807) is 24.3 Å². The van der Waals surface area contributed by atoms with E-state index in [4.69, 9.17) is 21.8 Å². The Kier molecular flexibility index (Phi) is 5.62. The van der Waals surface area contributed by atoms with E-state index < -0.39 is 17.2 Å². The van der Waals surface area contributed by atoms with Crippen molar-refractivity contribution in [3.8, 4) is 11.5 Å². The van der Waals surface area contributed by atoms with Gasteiger partial charge in [-0.3, -0.25) is 10.1 Å². The first-order chi connectivity index (χ1) is 10.9. The molecular formula is C14H15ClN4O3S. The van der Waals surface area contributed by atoms with Crippen LogP contribution in [0, 0.1) is 5.92 Å². The lowest BCUT2D eigenvalue weighted by Crippen LogP contribution is -2.42. The number of carbonyl (C=O) groups excluding carboxylic acids is 2. The van der Waals surface area contributed by atoms with E-state index in [0.717, 1.165) is 17.3 Å². The van der Waals surface area contributed by atoms with Crippen LogP contribution in [0.15, 0.2) is 33.9 Å². The van der Waals surface area contributed by atoms with Gasteiger partial charge in [0.15, 0.2) is 0 Å². The molecule has 2 rings (SSSR count). The summed E-state index contributed by atoms with van der Waals surface area (Å²) in [6.07, 6.45) is 0. The van der Waals surface area contributed by atoms with Gasteiger partial charge in [0.2, 0.25) is 11.8 Å². The first-order valence-electron chi connectivity index (χ1n) is 6.73. The van der Waals surface area contributed by atoms with Gasteiger partial charge < -0.3 is 10.2 Å². The summed E-state index contributed by atoms with van der Waals surface area (Å²) in [4.78, 5) is 22.8. The van der Waals surface area contributed by atoms with Gasteiger partial charge in [-0.1, -0.05) is 37.2 Å². The Morgan fingerprint density at radius 3 is 2.48 bits per heavy atom. The molecule has 0 radical (unpaired) electrons. The van der Waals surface area contributed by atoms with Crippen LogP contribution in [0.5, 0.6) is 0 Å². The van der Waals surface area contributed by atoms with Crippen molar-refractivity contribution >= 4 is 35.3 Å². The molecule has 9 heteroatoms. The zero-order chi connectivity index (χ0) is 17.0. The number of primary amides is 1. The van der Waals surface area contributed by atoms with Crippen molar-refractivity contribution in [3.63, 3.8) is 0 Å². The molecule has 0 aliphatic heterocycles. The summed E-state index contributed by atoms with van der Waals surface area (Å²) in [5, 5.41) is 10.2. The van der Waals surface area contributed by atoms with E-state index in [1.807, 2.05) is 13.8 Å². The fraction of sp³-hybridized carbons (Fsp3) is 0.286. The van der Waals surface area contributed by atoms with Crippen LogP contribution in [0.1, 0.15) is 13.8 Å². The summed E-state index contributed by atoms with van der Waals surface area (Å²) >= 11 is 6.91. The molecule has 1 aromatic heterocycles. The number of imide groups is 1. The van der Waals surface area contributed by atoms with E-state index in [9.17, 15) is 9.59 Å². The summed E-state index contributed by atoms with van der Waals surface area (Å²) in [7, 11) is 0. The number of rotatable bonds is 5. The fourth-order valence-electron chi connectivity index (χ4n) is 1.76. The molecule has 7 nitrogen and oxygen atoms in total. The van der Waals surface area contributed by atoms with Crippen molar-refractivity contribution in [1.82, 2.24) is 15.5 Å². The van der Waals surface area contributed by atoms with Gasteiger partial charge in [-0.2, -0.15) is 0 Å². The van der Waals surface area contributed by atoms with Gasteiger partial charge in [0.05, 0.1) is 5.25 Å². The lowest BCUT2D eigenvalue weighted by Gasteiger charge is -2.16. The molecule has 1 atom stereocenters. The normalized spacial score (nSPS) is 12.2. The van der Waals surface area contributed by atoms with Crippen molar-refractivity contribution in [2.24, 2.45) is 11.7 Å². The second-order valence-electron chi connectivity index (χ2n) is 5.02. The molecule has 1 aromatic carbocycles. The summed E-state index contributed by atoms with van der Waals surface area (Å²) in [6, 6.07) is 6.04. The molecule has 0 spiro atoms. The average Bonchev–Trinajstić information content (AvgIpc) is 2.93. The Morgan fingerprint density at radius 1 is 1.26 bits per heavy atom. The van der Waals surface area contributed by atoms with E-state index >= 15 is 0 Å². The molecule has 0 aliphatic rings. The third-order valence-corrected chi connectivity index (χ3v) is 4.47. The van der Waals surface area contributed by atoms with Crippen LogP contribution in [0.2, 0.25) is 5.02 Å². The number of halogens is 1. The smallest absolute Gasteiger partial charge is 0.318 e. The molecular weight excluding hydrogens is 340 g/mol. The van der Waals surface area contributed by atoms with Gasteiger partial charge in [0.1, 0.15) is 0 Å². The van der Waals surface area contributed by atoms with Crippen molar-refractivity contribution in [1.29, 1.82) is 0 Å². The minimum absolute atomic E-state index is 0.0646. The molecule has 23 heavy (non-hydrogen) atoms. The Bertz CT molecular complexity index is 702. The van der Waals surface area contributed by atoms with Gasteiger partial charge in [0.25, 0.3) is 5.22 Å². The Morgan fingerprint density at radius 2 is 1.91 bits per heavy atom. The van der Waals surface area contributed by atoms with E-state index in [0.29, 0.717) is 10.9 Å². The first kappa shape index (κ1) is 17.3. The summed E-state index contributed by atoms with van der Waals surface area (Å²) in [5.74, 6) is -0.240. The highest BCUT2D eigenvalue weighted by Crippen LogP contribution is 2.30. The van der Waals surface area contributed by atoms with Crippen LogP contribution in [0.4, 0.5) is 4.79 Å². The lowest BCUT2D eigenvalue weighted by molar-refractivity contribution is -0.120. The second kappa shape index (κ2) is 7.47. The highest BCUT2D eigenvalue weighted by atomic mass is 35.5. The molecule has 0 fully saturated rings. The molecule has 3 amide bonds. The van der Waals surface area contributed by atoms with Gasteiger partial charge >= 0.3 is 6.03 Å². The van der Waals surface area contributed by atoms with E-state index in [1.165, 1.54) is 0 Å². The Hall–Kier alpha value is -2.06. The third kappa shape index (κ3) is 4.70. The number of thioether (sulfide) groups is 1. The SMILES string of the molecule is CC(C)[C@@H](Sc1nnc(-c2ccc(Cl)cc2)o1)C(=O)NC(N)=O. The lowest BCUT2D eigenvalue weighted by atomic mass is 10.1. The first-order valence-corrected chi connectivity index (χ1v) is 7.99. The highest BCUT2D eigenvalue weighted by Gasteiger charge is 2.27. The van der Waals surface area contributed by atoms with Crippen LogP contribution < -0.4 is 11.1 Å². The quantitative estimate of drug-likeness (QED) is 0.798. The molecule has 122 valence electrons. The molecule has 0 aliphatic carbocycles. The minimum Gasteiger partial charge on any atom is -0.411 e. The average molecular weight is 355 g/mol. The number of amides is 3. The molecule has 1 heterocycles. The summed E-state index contributed by atoms with van der Waals surface area (Å²) in [6.45, 7) is 3.68. The van der Waals surface area contributed by atoms with Crippen molar-refractivity contribution in [2.75, 3.05) is 0 Å². The standard InChI is InChI=1S/C14H15ClN4O3S/c1-7(2)10(11(20)17-13(16)21)23-14-19-18-12(22-14)8-3-5-9(15)6-4-8/h3-7,10H,1-2H3,(H3,16,17,20,21)/t10-/m1/s1. The monoisotopic (exact) mass is 354 g/mol. The Labute approximate surface area is 142 Å². The number of benzene rings is 1. The predicted molar refractivity (Wildman–Crippen MR) is 87.0 cm³/mol. The molecule has 0 bridgehead atoms. The van der Waals surface area contributed by atoms with Gasteiger partial charge in [0, 0.05) is 10.6 Å². The Balaban J connectivity index is 2.14. The number of hydrogen-bond acceptors (Lipinski definition) is 6. The van der Waals surface area contributed by atoms with Crippen molar-refractivity contribution in [2.45, 2.75) is 24.3 Å². The predicted octanol–water partition coefficient (Wildman–Crippen LogP) is 2.70. The highest BCUT2D eigenvalue weighted by molar-refractivity contribution is 8.00. The number of nitrogens with two attached hydrogens (primary N) is 1. The molecule has 0 unspecified atom stereocenters. The van der Waals surface area contributed by atoms with E-state index in [2.05, 4.69) is 15.5 Å². The topological polar surface area (TPSA) is 111 Å². The van der Waals surface area contributed by atoms with Crippen molar-refractivity contribution in [3.05, 3.63) is 29.3 Å². The molecule has 0 saturated carbocycles. The van der Waals surface area contributed by atoms with E-state index in [-0.39, 0.29) is 11.1 Å². The van der Waals surface area contributed by atoms with Gasteiger partial charge in [-0.05, 0) is 30.2 Å². The van der Waals surface area contributed by atoms with Crippen LogP contribution in [-0.4, -0.2) is 27.4 Å². The summed E-state index contributed by atoms with van der Waals surface area (Å²) < 4.78 is 5.55. The fourth-order valence-corrected chi connectivity index (χ4v) is 2.76. The zero-order valence-corrected chi connectivity index (χ0v) is 14.0. The largest absolute Gasteiger partial charge is 0.411 e. The third-order valence-electron chi connectivity index (χ3n) is 2.84. The van der Waals surface area contributed by atoms with Crippen LogP contribution >= 0.6 is 23.4 Å². The molecule has 0 saturated heterocycles. The number of aromatic nitrogens is 2. The molecule has 2 aromatic rings. The number of urea groups is 1. The number of nitrogens with one attached hydrogen (secondary N) is 1. The summed E-state index contributed by atoms with van der Waals surface area (Å²) in [5.41, 5.74) is 5.69. The minimum atomic E-state index is -0.895. The number of hydrogen-bond donors (Lipinski definition) is 2. The number of carbonyl (C=O) groups is 2. The number of nitrogens with zero attached hydrogens (tertiary/aromatic N) is 2. The van der Waals surface area contributed by atoms with Crippen LogP contribution in [0.25, 0.3) is 11.5 Å². The molecule has 3 N–H and O–H groups in total. The maximum atomic E-state index is 12.0. The van der Waals surface area contributed by atoms with Crippen LogP contribution in [-0.2, 0) is 4.79 Å². The maximum Gasteiger partial charge on any atom is 0.318 e. The maximum absolute atomic E-state index is 12.0.